The number of aliphatic imine (C=N–C) groups is 1. The SMILES string of the molecule is CCC[C@@H]1N=C(C)O[C@@H]1C(=O)OCC. The fraction of sp³-hybridized carbons (Fsp3) is 0.800. The highest BCUT2D eigenvalue weighted by molar-refractivity contribution is 5.84. The zero-order valence-corrected chi connectivity index (χ0v) is 8.95. The fourth-order valence-corrected chi connectivity index (χ4v) is 1.54. The van der Waals surface area contributed by atoms with Gasteiger partial charge in [-0.25, -0.2) is 9.79 Å². The Bertz CT molecular complexity index is 238. The van der Waals surface area contributed by atoms with Crippen molar-refractivity contribution in [1.82, 2.24) is 0 Å². The van der Waals surface area contributed by atoms with Crippen LogP contribution in [0.2, 0.25) is 0 Å². The molecule has 1 aliphatic rings. The fourth-order valence-electron chi connectivity index (χ4n) is 1.54. The van der Waals surface area contributed by atoms with E-state index in [0.29, 0.717) is 12.5 Å². The molecule has 0 aliphatic carbocycles. The number of carbonyl (C=O) groups excluding carboxylic acids is 1. The highest BCUT2D eigenvalue weighted by Gasteiger charge is 2.35. The molecule has 4 nitrogen and oxygen atoms in total. The van der Waals surface area contributed by atoms with Gasteiger partial charge in [0, 0.05) is 6.92 Å². The molecule has 80 valence electrons. The molecule has 0 fully saturated rings. The average Bonchev–Trinajstić information content (AvgIpc) is 2.48. The van der Waals surface area contributed by atoms with E-state index < -0.39 is 6.10 Å². The van der Waals surface area contributed by atoms with Crippen LogP contribution in [0.1, 0.15) is 33.6 Å². The molecular formula is C10H17NO3. The number of rotatable bonds is 4. The summed E-state index contributed by atoms with van der Waals surface area (Å²) in [5.74, 6) is 0.285. The lowest BCUT2D eigenvalue weighted by Crippen LogP contribution is -2.33. The van der Waals surface area contributed by atoms with Crippen LogP contribution in [0.3, 0.4) is 0 Å². The van der Waals surface area contributed by atoms with Crippen LogP contribution in [-0.2, 0) is 14.3 Å². The zero-order valence-electron chi connectivity index (χ0n) is 8.95. The molecule has 0 aromatic carbocycles. The van der Waals surface area contributed by atoms with E-state index in [2.05, 4.69) is 11.9 Å². The molecule has 0 spiro atoms. The minimum Gasteiger partial charge on any atom is -0.464 e. The van der Waals surface area contributed by atoms with Crippen molar-refractivity contribution in [2.45, 2.75) is 45.8 Å². The first-order valence-corrected chi connectivity index (χ1v) is 5.06. The van der Waals surface area contributed by atoms with Gasteiger partial charge in [0.1, 0.15) is 6.04 Å². The summed E-state index contributed by atoms with van der Waals surface area (Å²) in [5.41, 5.74) is 0. The van der Waals surface area contributed by atoms with Gasteiger partial charge in [-0.3, -0.25) is 0 Å². The standard InChI is InChI=1S/C10H17NO3/c1-4-6-8-9(10(12)13-5-2)14-7(3)11-8/h8-9H,4-6H2,1-3H3/t8-,9-/m0/s1. The molecule has 0 aromatic heterocycles. The lowest BCUT2D eigenvalue weighted by atomic mass is 10.1. The highest BCUT2D eigenvalue weighted by atomic mass is 16.6. The lowest BCUT2D eigenvalue weighted by molar-refractivity contribution is -0.152. The number of esters is 1. The summed E-state index contributed by atoms with van der Waals surface area (Å²) in [6.07, 6.45) is 1.33. The van der Waals surface area contributed by atoms with Crippen LogP contribution in [0.5, 0.6) is 0 Å². The first-order valence-electron chi connectivity index (χ1n) is 5.06. The van der Waals surface area contributed by atoms with Crippen molar-refractivity contribution in [2.75, 3.05) is 6.61 Å². The highest BCUT2D eigenvalue weighted by Crippen LogP contribution is 2.19. The number of ether oxygens (including phenoxy) is 2. The molecule has 0 radical (unpaired) electrons. The predicted octanol–water partition coefficient (Wildman–Crippen LogP) is 1.54. The monoisotopic (exact) mass is 199 g/mol. The van der Waals surface area contributed by atoms with E-state index in [1.807, 2.05) is 0 Å². The van der Waals surface area contributed by atoms with Gasteiger partial charge in [-0.15, -0.1) is 0 Å². The Balaban J connectivity index is 2.57. The van der Waals surface area contributed by atoms with E-state index in [1.54, 1.807) is 13.8 Å². The van der Waals surface area contributed by atoms with Crippen molar-refractivity contribution in [3.05, 3.63) is 0 Å². The van der Waals surface area contributed by atoms with E-state index >= 15 is 0 Å². The summed E-state index contributed by atoms with van der Waals surface area (Å²) >= 11 is 0. The largest absolute Gasteiger partial charge is 0.464 e. The van der Waals surface area contributed by atoms with Crippen LogP contribution in [0, 0.1) is 0 Å². The maximum absolute atomic E-state index is 11.5. The van der Waals surface area contributed by atoms with Crippen molar-refractivity contribution in [1.29, 1.82) is 0 Å². The van der Waals surface area contributed by atoms with Crippen molar-refractivity contribution in [2.24, 2.45) is 4.99 Å². The van der Waals surface area contributed by atoms with E-state index in [4.69, 9.17) is 9.47 Å². The summed E-state index contributed by atoms with van der Waals surface area (Å²) < 4.78 is 10.2. The Morgan fingerprint density at radius 2 is 2.29 bits per heavy atom. The van der Waals surface area contributed by atoms with Crippen molar-refractivity contribution in [3.63, 3.8) is 0 Å². The molecule has 0 saturated carbocycles. The summed E-state index contributed by atoms with van der Waals surface area (Å²) in [6, 6.07) is -0.0564. The molecule has 2 atom stereocenters. The van der Waals surface area contributed by atoms with Gasteiger partial charge in [0.15, 0.2) is 5.90 Å². The second-order valence-electron chi connectivity index (χ2n) is 3.29. The van der Waals surface area contributed by atoms with Crippen LogP contribution >= 0.6 is 0 Å². The van der Waals surface area contributed by atoms with Crippen molar-refractivity contribution in [3.8, 4) is 0 Å². The Kier molecular flexibility index (Phi) is 3.92. The third-order valence-electron chi connectivity index (χ3n) is 2.10. The topological polar surface area (TPSA) is 47.9 Å². The third-order valence-corrected chi connectivity index (χ3v) is 2.10. The molecule has 1 aliphatic heterocycles. The lowest BCUT2D eigenvalue weighted by Gasteiger charge is -2.14. The first kappa shape index (κ1) is 11.0. The molecule has 0 aromatic rings. The Labute approximate surface area is 84.3 Å². The van der Waals surface area contributed by atoms with E-state index in [0.717, 1.165) is 12.8 Å². The summed E-state index contributed by atoms with van der Waals surface area (Å²) in [5, 5.41) is 0. The molecule has 1 rings (SSSR count). The van der Waals surface area contributed by atoms with Gasteiger partial charge >= 0.3 is 5.97 Å². The molecule has 4 heteroatoms. The molecule has 0 N–H and O–H groups in total. The summed E-state index contributed by atoms with van der Waals surface area (Å²) in [7, 11) is 0. The van der Waals surface area contributed by atoms with E-state index in [-0.39, 0.29) is 12.0 Å². The maximum atomic E-state index is 11.5. The Morgan fingerprint density at radius 1 is 1.57 bits per heavy atom. The van der Waals surface area contributed by atoms with Crippen molar-refractivity contribution < 1.29 is 14.3 Å². The van der Waals surface area contributed by atoms with Gasteiger partial charge < -0.3 is 9.47 Å². The van der Waals surface area contributed by atoms with Gasteiger partial charge in [-0.2, -0.15) is 0 Å². The van der Waals surface area contributed by atoms with Crippen LogP contribution in [0.4, 0.5) is 0 Å². The van der Waals surface area contributed by atoms with Crippen LogP contribution in [0.25, 0.3) is 0 Å². The summed E-state index contributed by atoms with van der Waals surface area (Å²) in [4.78, 5) is 15.7. The van der Waals surface area contributed by atoms with Gasteiger partial charge in [0.05, 0.1) is 6.61 Å². The number of nitrogens with zero attached hydrogens (tertiary/aromatic N) is 1. The molecule has 1 heterocycles. The first-order chi connectivity index (χ1) is 6.69. The molecule has 0 saturated heterocycles. The van der Waals surface area contributed by atoms with Gasteiger partial charge in [-0.05, 0) is 13.3 Å². The second-order valence-corrected chi connectivity index (χ2v) is 3.29. The van der Waals surface area contributed by atoms with Crippen molar-refractivity contribution >= 4 is 11.9 Å². The molecule has 14 heavy (non-hydrogen) atoms. The molecule has 0 bridgehead atoms. The number of hydrogen-bond donors (Lipinski definition) is 0. The average molecular weight is 199 g/mol. The quantitative estimate of drug-likeness (QED) is 0.645. The Hall–Kier alpha value is -1.06. The second kappa shape index (κ2) is 4.98. The van der Waals surface area contributed by atoms with Gasteiger partial charge in [-0.1, -0.05) is 13.3 Å². The zero-order chi connectivity index (χ0) is 10.6. The van der Waals surface area contributed by atoms with Gasteiger partial charge in [0.2, 0.25) is 6.10 Å². The van der Waals surface area contributed by atoms with Crippen LogP contribution < -0.4 is 0 Å². The molecule has 0 unspecified atom stereocenters. The molecule has 0 amide bonds. The predicted molar refractivity (Wildman–Crippen MR) is 53.3 cm³/mol. The van der Waals surface area contributed by atoms with Gasteiger partial charge in [0.25, 0.3) is 0 Å². The maximum Gasteiger partial charge on any atom is 0.349 e. The van der Waals surface area contributed by atoms with E-state index in [9.17, 15) is 4.79 Å². The Morgan fingerprint density at radius 3 is 2.86 bits per heavy atom. The number of hydrogen-bond acceptors (Lipinski definition) is 4. The number of carbonyl (C=O) groups is 1. The smallest absolute Gasteiger partial charge is 0.349 e. The minimum absolute atomic E-state index is 0.0564. The third kappa shape index (κ3) is 2.47. The normalized spacial score (nSPS) is 25.5. The minimum atomic E-state index is -0.519. The summed E-state index contributed by atoms with van der Waals surface area (Å²) in [6.45, 7) is 6.00. The van der Waals surface area contributed by atoms with Crippen LogP contribution in [-0.4, -0.2) is 30.6 Å². The molecular weight excluding hydrogens is 182 g/mol. The van der Waals surface area contributed by atoms with E-state index in [1.165, 1.54) is 0 Å². The van der Waals surface area contributed by atoms with Crippen LogP contribution in [0.15, 0.2) is 4.99 Å².